The first-order valence-corrected chi connectivity index (χ1v) is 10.1. The summed E-state index contributed by atoms with van der Waals surface area (Å²) in [4.78, 5) is 19.1. The molecule has 2 aromatic carbocycles. The molecule has 0 N–H and O–H groups in total. The highest BCUT2D eigenvalue weighted by Crippen LogP contribution is 2.20. The number of anilines is 1. The Morgan fingerprint density at radius 1 is 1.14 bits per heavy atom. The topological polar surface area (TPSA) is 36.0 Å². The van der Waals surface area contributed by atoms with Gasteiger partial charge in [-0.3, -0.25) is 9.69 Å². The number of piperazine rings is 1. The smallest absolute Gasteiger partial charge is 0.236 e. The van der Waals surface area contributed by atoms with Crippen LogP contribution >= 0.6 is 0 Å². The molecule has 0 bridgehead atoms. The number of rotatable bonds is 7. The zero-order chi connectivity index (χ0) is 20.8. The molecule has 0 aliphatic carbocycles. The van der Waals surface area contributed by atoms with Crippen molar-refractivity contribution in [3.8, 4) is 5.75 Å². The van der Waals surface area contributed by atoms with Crippen LogP contribution in [0.1, 0.15) is 18.1 Å². The molecule has 0 atom stereocenters. The Morgan fingerprint density at radius 3 is 2.52 bits per heavy atom. The van der Waals surface area contributed by atoms with Gasteiger partial charge in [-0.2, -0.15) is 0 Å². The largest absolute Gasteiger partial charge is 0.494 e. The second kappa shape index (κ2) is 9.74. The van der Waals surface area contributed by atoms with Gasteiger partial charge in [-0.1, -0.05) is 25.1 Å². The van der Waals surface area contributed by atoms with E-state index in [0.29, 0.717) is 13.1 Å². The first kappa shape index (κ1) is 21.1. The van der Waals surface area contributed by atoms with Crippen LogP contribution in [-0.2, 0) is 11.3 Å². The van der Waals surface area contributed by atoms with Crippen molar-refractivity contribution < 1.29 is 13.9 Å². The monoisotopic (exact) mass is 399 g/mol. The fraction of sp³-hybridized carbons (Fsp3) is 0.435. The van der Waals surface area contributed by atoms with Crippen LogP contribution in [0.4, 0.5) is 10.1 Å². The number of halogens is 1. The van der Waals surface area contributed by atoms with Gasteiger partial charge in [0.15, 0.2) is 11.6 Å². The highest BCUT2D eigenvalue weighted by Gasteiger charge is 2.23. The number of hydrogen-bond acceptors (Lipinski definition) is 4. The van der Waals surface area contributed by atoms with Crippen LogP contribution in [0.25, 0.3) is 0 Å². The van der Waals surface area contributed by atoms with Crippen molar-refractivity contribution in [3.05, 3.63) is 59.4 Å². The summed E-state index contributed by atoms with van der Waals surface area (Å²) in [6, 6.07) is 13.4. The maximum atomic E-state index is 13.9. The summed E-state index contributed by atoms with van der Waals surface area (Å²) in [5, 5.41) is 0. The molecule has 6 heteroatoms. The van der Waals surface area contributed by atoms with Crippen LogP contribution in [0.5, 0.6) is 5.75 Å². The number of carbonyl (C=O) groups excluding carboxylic acids is 1. The summed E-state index contributed by atoms with van der Waals surface area (Å²) in [6.07, 6.45) is 0. The van der Waals surface area contributed by atoms with E-state index in [0.717, 1.165) is 38.3 Å². The summed E-state index contributed by atoms with van der Waals surface area (Å²) < 4.78 is 18.9. The maximum Gasteiger partial charge on any atom is 0.236 e. The van der Waals surface area contributed by atoms with E-state index in [1.54, 1.807) is 6.07 Å². The van der Waals surface area contributed by atoms with Crippen molar-refractivity contribution in [3.63, 3.8) is 0 Å². The highest BCUT2D eigenvalue weighted by atomic mass is 19.1. The quantitative estimate of drug-likeness (QED) is 0.716. The van der Waals surface area contributed by atoms with E-state index in [1.165, 1.54) is 24.4 Å². The Kier molecular flexibility index (Phi) is 7.09. The molecule has 0 radical (unpaired) electrons. The van der Waals surface area contributed by atoms with E-state index in [-0.39, 0.29) is 17.5 Å². The lowest BCUT2D eigenvalue weighted by atomic mass is 10.2. The molecule has 0 spiro atoms. The first-order chi connectivity index (χ1) is 14.0. The minimum atomic E-state index is -0.375. The molecule has 0 aromatic heterocycles. The van der Waals surface area contributed by atoms with Crippen LogP contribution in [0, 0.1) is 12.7 Å². The van der Waals surface area contributed by atoms with Gasteiger partial charge in [0.1, 0.15) is 0 Å². The standard InChI is InChI=1S/C23H30FN3O2/c1-4-25(16-19-8-9-22(29-3)21(24)15-19)17-23(28)27-12-10-26(11-13-27)20-7-5-6-18(2)14-20/h5-9,14-15H,4,10-13,16-17H2,1-3H3. The minimum absolute atomic E-state index is 0.129. The van der Waals surface area contributed by atoms with Gasteiger partial charge in [0.05, 0.1) is 13.7 Å². The van der Waals surface area contributed by atoms with Gasteiger partial charge < -0.3 is 14.5 Å². The predicted octanol–water partition coefficient (Wildman–Crippen LogP) is 3.31. The first-order valence-electron chi connectivity index (χ1n) is 10.1. The lowest BCUT2D eigenvalue weighted by Gasteiger charge is -2.37. The molecule has 1 aliphatic heterocycles. The number of ether oxygens (including phenoxy) is 1. The number of amides is 1. The lowest BCUT2D eigenvalue weighted by Crippen LogP contribution is -2.51. The minimum Gasteiger partial charge on any atom is -0.494 e. The molecule has 1 saturated heterocycles. The van der Waals surface area contributed by atoms with Crippen molar-refractivity contribution >= 4 is 11.6 Å². The average Bonchev–Trinajstić information content (AvgIpc) is 2.73. The van der Waals surface area contributed by atoms with Crippen LogP contribution in [0.2, 0.25) is 0 Å². The summed E-state index contributed by atoms with van der Waals surface area (Å²) in [6.45, 7) is 8.84. The second-order valence-electron chi connectivity index (χ2n) is 7.48. The molecule has 1 heterocycles. The normalized spacial score (nSPS) is 14.4. The molecule has 1 amide bonds. The van der Waals surface area contributed by atoms with Crippen molar-refractivity contribution in [2.24, 2.45) is 0 Å². The van der Waals surface area contributed by atoms with Crippen LogP contribution in [0.15, 0.2) is 42.5 Å². The molecule has 0 unspecified atom stereocenters. The van der Waals surface area contributed by atoms with E-state index in [9.17, 15) is 9.18 Å². The van der Waals surface area contributed by atoms with Gasteiger partial charge in [-0.25, -0.2) is 4.39 Å². The third kappa shape index (κ3) is 5.48. The average molecular weight is 400 g/mol. The Morgan fingerprint density at radius 2 is 1.90 bits per heavy atom. The number of methoxy groups -OCH3 is 1. The number of carbonyl (C=O) groups is 1. The number of hydrogen-bond donors (Lipinski definition) is 0. The SMILES string of the molecule is CCN(CC(=O)N1CCN(c2cccc(C)c2)CC1)Cc1ccc(OC)c(F)c1. The van der Waals surface area contributed by atoms with Gasteiger partial charge in [-0.05, 0) is 48.9 Å². The van der Waals surface area contributed by atoms with Crippen LogP contribution in [-0.4, -0.2) is 62.1 Å². The Labute approximate surface area is 172 Å². The van der Waals surface area contributed by atoms with Gasteiger partial charge >= 0.3 is 0 Å². The van der Waals surface area contributed by atoms with Crippen molar-refractivity contribution in [1.29, 1.82) is 0 Å². The van der Waals surface area contributed by atoms with Crippen molar-refractivity contribution in [1.82, 2.24) is 9.80 Å². The Bertz CT molecular complexity index is 835. The number of likely N-dealkylation sites (N-methyl/N-ethyl adjacent to an activating group) is 1. The lowest BCUT2D eigenvalue weighted by molar-refractivity contribution is -0.132. The third-order valence-electron chi connectivity index (χ3n) is 5.43. The maximum absolute atomic E-state index is 13.9. The second-order valence-corrected chi connectivity index (χ2v) is 7.48. The van der Waals surface area contributed by atoms with Crippen LogP contribution < -0.4 is 9.64 Å². The summed E-state index contributed by atoms with van der Waals surface area (Å²) in [5.74, 6) is -0.0104. The molecule has 29 heavy (non-hydrogen) atoms. The van der Waals surface area contributed by atoms with Crippen molar-refractivity contribution in [2.75, 3.05) is 51.3 Å². The summed E-state index contributed by atoms with van der Waals surface area (Å²) in [5.41, 5.74) is 3.30. The fourth-order valence-corrected chi connectivity index (χ4v) is 3.68. The number of aryl methyl sites for hydroxylation is 1. The summed E-state index contributed by atoms with van der Waals surface area (Å²) >= 11 is 0. The van der Waals surface area contributed by atoms with Gasteiger partial charge in [0.25, 0.3) is 0 Å². The molecule has 1 aliphatic rings. The summed E-state index contributed by atoms with van der Waals surface area (Å²) in [7, 11) is 1.45. The van der Waals surface area contributed by atoms with Crippen molar-refractivity contribution in [2.45, 2.75) is 20.4 Å². The molecule has 0 saturated carbocycles. The molecule has 1 fully saturated rings. The third-order valence-corrected chi connectivity index (χ3v) is 5.43. The zero-order valence-electron chi connectivity index (χ0n) is 17.5. The molecule has 3 rings (SSSR count). The Balaban J connectivity index is 1.53. The van der Waals surface area contributed by atoms with E-state index in [2.05, 4.69) is 36.1 Å². The molecule has 156 valence electrons. The number of nitrogens with zero attached hydrogens (tertiary/aromatic N) is 3. The number of benzene rings is 2. The Hall–Kier alpha value is -2.60. The van der Waals surface area contributed by atoms with Crippen LogP contribution in [0.3, 0.4) is 0 Å². The van der Waals surface area contributed by atoms with Gasteiger partial charge in [0.2, 0.25) is 5.91 Å². The van der Waals surface area contributed by atoms with Gasteiger partial charge in [-0.15, -0.1) is 0 Å². The van der Waals surface area contributed by atoms with E-state index in [1.807, 2.05) is 22.8 Å². The molecular weight excluding hydrogens is 369 g/mol. The van der Waals surface area contributed by atoms with E-state index < -0.39 is 0 Å². The predicted molar refractivity (Wildman–Crippen MR) is 114 cm³/mol. The molecule has 2 aromatic rings. The zero-order valence-corrected chi connectivity index (χ0v) is 17.5. The van der Waals surface area contributed by atoms with Gasteiger partial charge in [0, 0.05) is 38.4 Å². The van der Waals surface area contributed by atoms with E-state index >= 15 is 0 Å². The highest BCUT2D eigenvalue weighted by molar-refractivity contribution is 5.78. The molecular formula is C23H30FN3O2. The van der Waals surface area contributed by atoms with E-state index in [4.69, 9.17) is 4.74 Å². The molecule has 5 nitrogen and oxygen atoms in total. The fourth-order valence-electron chi connectivity index (χ4n) is 3.68.